The van der Waals surface area contributed by atoms with Crippen LogP contribution in [-0.2, 0) is 11.2 Å². The number of nitrogens with one attached hydrogen (secondary N) is 2. The highest BCUT2D eigenvalue weighted by Crippen LogP contribution is 2.17. The van der Waals surface area contributed by atoms with Gasteiger partial charge in [-0.2, -0.15) is 0 Å². The number of anilines is 1. The highest BCUT2D eigenvalue weighted by molar-refractivity contribution is 6.04. The Balaban J connectivity index is 2.06. The normalized spacial score (nSPS) is 10.4. The van der Waals surface area contributed by atoms with Crippen molar-refractivity contribution in [2.75, 3.05) is 19.0 Å². The van der Waals surface area contributed by atoms with Crippen LogP contribution in [-0.4, -0.2) is 25.5 Å². The molecule has 0 aliphatic rings. The Labute approximate surface area is 148 Å². The van der Waals surface area contributed by atoms with Crippen molar-refractivity contribution in [1.29, 1.82) is 0 Å². The van der Waals surface area contributed by atoms with Crippen molar-refractivity contribution in [3.05, 3.63) is 59.7 Å². The minimum absolute atomic E-state index is 0.183. The zero-order valence-corrected chi connectivity index (χ0v) is 14.8. The van der Waals surface area contributed by atoms with Crippen LogP contribution in [0.2, 0.25) is 0 Å². The number of hydrogen-bond donors (Lipinski definition) is 2. The molecular formula is C20H24N2O3. The van der Waals surface area contributed by atoms with E-state index in [-0.39, 0.29) is 18.2 Å². The minimum Gasteiger partial charge on any atom is -0.497 e. The van der Waals surface area contributed by atoms with Gasteiger partial charge >= 0.3 is 0 Å². The van der Waals surface area contributed by atoms with Gasteiger partial charge in [-0.05, 0) is 35.7 Å². The van der Waals surface area contributed by atoms with Crippen molar-refractivity contribution in [2.45, 2.75) is 20.3 Å². The molecular weight excluding hydrogens is 316 g/mol. The van der Waals surface area contributed by atoms with Crippen molar-refractivity contribution in [3.63, 3.8) is 0 Å². The van der Waals surface area contributed by atoms with Crippen LogP contribution in [0.4, 0.5) is 5.69 Å². The highest BCUT2D eigenvalue weighted by atomic mass is 16.5. The Morgan fingerprint density at radius 3 is 2.56 bits per heavy atom. The molecule has 0 aliphatic heterocycles. The average Bonchev–Trinajstić information content (AvgIpc) is 2.60. The monoisotopic (exact) mass is 340 g/mol. The lowest BCUT2D eigenvalue weighted by Gasteiger charge is -2.12. The number of amides is 2. The quantitative estimate of drug-likeness (QED) is 0.813. The molecule has 0 spiro atoms. The topological polar surface area (TPSA) is 67.4 Å². The summed E-state index contributed by atoms with van der Waals surface area (Å²) in [6.45, 7) is 4.65. The van der Waals surface area contributed by atoms with E-state index in [0.717, 1.165) is 5.56 Å². The molecule has 0 aromatic heterocycles. The zero-order valence-electron chi connectivity index (χ0n) is 14.8. The van der Waals surface area contributed by atoms with Gasteiger partial charge in [-0.15, -0.1) is 0 Å². The van der Waals surface area contributed by atoms with Crippen LogP contribution in [0, 0.1) is 5.92 Å². The first-order chi connectivity index (χ1) is 12.0. The van der Waals surface area contributed by atoms with Crippen LogP contribution in [0.15, 0.2) is 48.5 Å². The molecule has 2 amide bonds. The number of para-hydroxylation sites is 1. The number of rotatable bonds is 7. The molecule has 0 heterocycles. The van der Waals surface area contributed by atoms with Gasteiger partial charge in [0.15, 0.2) is 0 Å². The second-order valence-corrected chi connectivity index (χ2v) is 6.23. The maximum Gasteiger partial charge on any atom is 0.253 e. The van der Waals surface area contributed by atoms with Crippen molar-refractivity contribution >= 4 is 17.5 Å². The van der Waals surface area contributed by atoms with E-state index >= 15 is 0 Å². The molecule has 132 valence electrons. The third kappa shape index (κ3) is 5.64. The van der Waals surface area contributed by atoms with Crippen LogP contribution >= 0.6 is 0 Å². The Kier molecular flexibility index (Phi) is 6.57. The molecule has 0 radical (unpaired) electrons. The first kappa shape index (κ1) is 18.5. The van der Waals surface area contributed by atoms with Gasteiger partial charge in [-0.3, -0.25) is 9.59 Å². The standard InChI is InChI=1S/C20H24N2O3/c1-14(2)13-21-20(24)17-9-4-5-10-18(17)22-19(23)12-15-7-6-8-16(11-15)25-3/h4-11,14H,12-13H2,1-3H3,(H,21,24)(H,22,23). The van der Waals surface area contributed by atoms with Crippen LogP contribution in [0.3, 0.4) is 0 Å². The van der Waals surface area contributed by atoms with Gasteiger partial charge in [0, 0.05) is 6.54 Å². The predicted molar refractivity (Wildman–Crippen MR) is 98.9 cm³/mol. The van der Waals surface area contributed by atoms with E-state index in [4.69, 9.17) is 4.74 Å². The van der Waals surface area contributed by atoms with Crippen LogP contribution in [0.1, 0.15) is 29.8 Å². The van der Waals surface area contributed by atoms with E-state index < -0.39 is 0 Å². The molecule has 0 saturated carbocycles. The summed E-state index contributed by atoms with van der Waals surface area (Å²) in [5.74, 6) is 0.695. The van der Waals surface area contributed by atoms with E-state index in [1.165, 1.54) is 0 Å². The average molecular weight is 340 g/mol. The van der Waals surface area contributed by atoms with Crippen LogP contribution in [0.5, 0.6) is 5.75 Å². The first-order valence-electron chi connectivity index (χ1n) is 8.29. The van der Waals surface area contributed by atoms with Gasteiger partial charge < -0.3 is 15.4 Å². The predicted octanol–water partition coefficient (Wildman–Crippen LogP) is 3.26. The maximum absolute atomic E-state index is 12.3. The number of benzene rings is 2. The van der Waals surface area contributed by atoms with Gasteiger partial charge in [0.05, 0.1) is 24.8 Å². The van der Waals surface area contributed by atoms with Crippen molar-refractivity contribution in [3.8, 4) is 5.75 Å². The van der Waals surface area contributed by atoms with Crippen LogP contribution in [0.25, 0.3) is 0 Å². The molecule has 2 aromatic rings. The fraction of sp³-hybridized carbons (Fsp3) is 0.300. The minimum atomic E-state index is -0.189. The Hall–Kier alpha value is -2.82. The number of ether oxygens (including phenoxy) is 1. The van der Waals surface area contributed by atoms with Crippen molar-refractivity contribution < 1.29 is 14.3 Å². The summed E-state index contributed by atoms with van der Waals surface area (Å²) >= 11 is 0. The van der Waals surface area contributed by atoms with E-state index in [9.17, 15) is 9.59 Å². The molecule has 2 N–H and O–H groups in total. The van der Waals surface area contributed by atoms with E-state index in [1.807, 2.05) is 38.1 Å². The molecule has 0 unspecified atom stereocenters. The molecule has 5 heteroatoms. The van der Waals surface area contributed by atoms with Crippen molar-refractivity contribution in [2.24, 2.45) is 5.92 Å². The number of carbonyl (C=O) groups is 2. The van der Waals surface area contributed by atoms with Gasteiger partial charge in [-0.25, -0.2) is 0 Å². The van der Waals surface area contributed by atoms with E-state index in [1.54, 1.807) is 31.4 Å². The molecule has 0 saturated heterocycles. The summed E-state index contributed by atoms with van der Waals surface area (Å²) in [5, 5.41) is 5.69. The lowest BCUT2D eigenvalue weighted by atomic mass is 10.1. The number of methoxy groups -OCH3 is 1. The zero-order chi connectivity index (χ0) is 18.2. The molecule has 25 heavy (non-hydrogen) atoms. The summed E-state index contributed by atoms with van der Waals surface area (Å²) in [5.41, 5.74) is 1.82. The van der Waals surface area contributed by atoms with E-state index in [2.05, 4.69) is 10.6 Å². The number of hydrogen-bond acceptors (Lipinski definition) is 3. The molecule has 0 fully saturated rings. The molecule has 0 bridgehead atoms. The smallest absolute Gasteiger partial charge is 0.253 e. The van der Waals surface area contributed by atoms with Gasteiger partial charge in [0.1, 0.15) is 5.75 Å². The maximum atomic E-state index is 12.3. The summed E-state index contributed by atoms with van der Waals surface area (Å²) in [4.78, 5) is 24.7. The third-order valence-corrected chi connectivity index (χ3v) is 3.62. The Bertz CT molecular complexity index is 741. The Morgan fingerprint density at radius 2 is 1.84 bits per heavy atom. The molecule has 2 aromatic carbocycles. The molecule has 2 rings (SSSR count). The summed E-state index contributed by atoms with van der Waals surface area (Å²) in [6, 6.07) is 14.4. The molecule has 0 aliphatic carbocycles. The molecule has 5 nitrogen and oxygen atoms in total. The van der Waals surface area contributed by atoms with Crippen LogP contribution < -0.4 is 15.4 Å². The lowest BCUT2D eigenvalue weighted by Crippen LogP contribution is -2.28. The first-order valence-corrected chi connectivity index (χ1v) is 8.29. The van der Waals surface area contributed by atoms with Gasteiger partial charge in [-0.1, -0.05) is 38.1 Å². The Morgan fingerprint density at radius 1 is 1.08 bits per heavy atom. The second kappa shape index (κ2) is 8.87. The second-order valence-electron chi connectivity index (χ2n) is 6.23. The van der Waals surface area contributed by atoms with E-state index in [0.29, 0.717) is 29.5 Å². The fourth-order valence-corrected chi connectivity index (χ4v) is 2.34. The number of carbonyl (C=O) groups excluding carboxylic acids is 2. The fourth-order valence-electron chi connectivity index (χ4n) is 2.34. The third-order valence-electron chi connectivity index (χ3n) is 3.62. The van der Waals surface area contributed by atoms with Gasteiger partial charge in [0.25, 0.3) is 5.91 Å². The molecule has 0 atom stereocenters. The van der Waals surface area contributed by atoms with Crippen molar-refractivity contribution in [1.82, 2.24) is 5.32 Å². The summed E-state index contributed by atoms with van der Waals surface area (Å²) in [6.07, 6.45) is 0.207. The lowest BCUT2D eigenvalue weighted by molar-refractivity contribution is -0.115. The highest BCUT2D eigenvalue weighted by Gasteiger charge is 2.13. The largest absolute Gasteiger partial charge is 0.497 e. The summed E-state index contributed by atoms with van der Waals surface area (Å²) in [7, 11) is 1.59. The SMILES string of the molecule is COc1cccc(CC(=O)Nc2ccccc2C(=O)NCC(C)C)c1. The summed E-state index contributed by atoms with van der Waals surface area (Å²) < 4.78 is 5.17. The van der Waals surface area contributed by atoms with Gasteiger partial charge in [0.2, 0.25) is 5.91 Å².